The van der Waals surface area contributed by atoms with Crippen LogP contribution in [0.2, 0.25) is 0 Å². The maximum Gasteiger partial charge on any atom is 0.0817 e. The van der Waals surface area contributed by atoms with Crippen LogP contribution in [0.1, 0.15) is 15.2 Å². The molecular weight excluding hydrogens is 136 g/mol. The van der Waals surface area contributed by atoms with Crippen LogP contribution in [0.5, 0.6) is 0 Å². The number of carbonyl (C=O) groups excluding carboxylic acids is 1. The van der Waals surface area contributed by atoms with Gasteiger partial charge in [0, 0.05) is 0 Å². The second-order valence-corrected chi connectivity index (χ2v) is 2.64. The molecule has 0 spiro atoms. The quantitative estimate of drug-likeness (QED) is 0.568. The third-order valence-corrected chi connectivity index (χ3v) is 2.04. The lowest BCUT2D eigenvalue weighted by atomic mass is 10.3. The SMILES string of the molecule is Cc1ccsc1C(=O)[O-]. The first-order valence-corrected chi connectivity index (χ1v) is 3.35. The summed E-state index contributed by atoms with van der Waals surface area (Å²) in [7, 11) is 0. The monoisotopic (exact) mass is 141 g/mol. The molecule has 1 aromatic rings. The van der Waals surface area contributed by atoms with Crippen molar-refractivity contribution in [3.05, 3.63) is 21.9 Å². The number of carbonyl (C=O) groups is 1. The van der Waals surface area contributed by atoms with Gasteiger partial charge in [-0.1, -0.05) is 0 Å². The molecule has 48 valence electrons. The zero-order chi connectivity index (χ0) is 6.85. The molecule has 2 nitrogen and oxygen atoms in total. The Morgan fingerprint density at radius 1 is 1.78 bits per heavy atom. The molecule has 0 saturated carbocycles. The highest BCUT2D eigenvalue weighted by molar-refractivity contribution is 7.12. The van der Waals surface area contributed by atoms with Gasteiger partial charge in [0.05, 0.1) is 10.8 Å². The van der Waals surface area contributed by atoms with E-state index in [1.165, 1.54) is 11.3 Å². The van der Waals surface area contributed by atoms with Crippen LogP contribution in [-0.2, 0) is 0 Å². The summed E-state index contributed by atoms with van der Waals surface area (Å²) in [5.74, 6) is -1.08. The zero-order valence-corrected chi connectivity index (χ0v) is 5.70. The molecule has 1 aromatic heterocycles. The number of hydrogen-bond acceptors (Lipinski definition) is 3. The van der Waals surface area contributed by atoms with E-state index in [9.17, 15) is 9.90 Å². The number of rotatable bonds is 1. The number of aryl methyl sites for hydroxylation is 1. The highest BCUT2D eigenvalue weighted by Crippen LogP contribution is 2.13. The van der Waals surface area contributed by atoms with Crippen molar-refractivity contribution in [3.8, 4) is 0 Å². The van der Waals surface area contributed by atoms with Gasteiger partial charge in [-0.2, -0.15) is 0 Å². The fourth-order valence-corrected chi connectivity index (χ4v) is 1.34. The van der Waals surface area contributed by atoms with Gasteiger partial charge in [-0.3, -0.25) is 0 Å². The smallest absolute Gasteiger partial charge is 0.0817 e. The van der Waals surface area contributed by atoms with E-state index in [-0.39, 0.29) is 0 Å². The van der Waals surface area contributed by atoms with Crippen molar-refractivity contribution < 1.29 is 9.90 Å². The topological polar surface area (TPSA) is 40.1 Å². The Hall–Kier alpha value is -0.830. The van der Waals surface area contributed by atoms with Crippen LogP contribution in [0, 0.1) is 6.92 Å². The zero-order valence-electron chi connectivity index (χ0n) is 4.88. The van der Waals surface area contributed by atoms with Crippen LogP contribution in [0.4, 0.5) is 0 Å². The predicted molar refractivity (Wildman–Crippen MR) is 33.4 cm³/mol. The Balaban J connectivity index is 3.08. The van der Waals surface area contributed by atoms with Crippen molar-refractivity contribution in [2.24, 2.45) is 0 Å². The molecule has 0 bridgehead atoms. The summed E-state index contributed by atoms with van der Waals surface area (Å²) in [6.45, 7) is 1.75. The van der Waals surface area contributed by atoms with Crippen LogP contribution < -0.4 is 5.11 Å². The lowest BCUT2D eigenvalue weighted by Crippen LogP contribution is -2.21. The van der Waals surface area contributed by atoms with E-state index in [1.807, 2.05) is 0 Å². The van der Waals surface area contributed by atoms with Crippen LogP contribution in [0.25, 0.3) is 0 Å². The van der Waals surface area contributed by atoms with Gasteiger partial charge in [-0.25, -0.2) is 0 Å². The van der Waals surface area contributed by atoms with E-state index < -0.39 is 5.97 Å². The molecule has 0 N–H and O–H groups in total. The second kappa shape index (κ2) is 2.19. The highest BCUT2D eigenvalue weighted by atomic mass is 32.1. The molecule has 0 saturated heterocycles. The average molecular weight is 141 g/mol. The van der Waals surface area contributed by atoms with E-state index in [0.717, 1.165) is 5.56 Å². The van der Waals surface area contributed by atoms with Crippen LogP contribution in [0.15, 0.2) is 11.4 Å². The largest absolute Gasteiger partial charge is 0.544 e. The molecule has 0 amide bonds. The van der Waals surface area contributed by atoms with Gasteiger partial charge >= 0.3 is 0 Å². The number of aromatic carboxylic acids is 1. The average Bonchev–Trinajstić information content (AvgIpc) is 2.13. The van der Waals surface area contributed by atoms with Crippen LogP contribution >= 0.6 is 11.3 Å². The Morgan fingerprint density at radius 2 is 2.44 bits per heavy atom. The first-order chi connectivity index (χ1) is 4.22. The molecule has 0 radical (unpaired) electrons. The van der Waals surface area contributed by atoms with Gasteiger partial charge in [0.1, 0.15) is 0 Å². The van der Waals surface area contributed by atoms with Crippen molar-refractivity contribution in [1.29, 1.82) is 0 Å². The molecule has 3 heteroatoms. The molecule has 9 heavy (non-hydrogen) atoms. The maximum atomic E-state index is 10.2. The maximum absolute atomic E-state index is 10.2. The number of thiophene rings is 1. The molecule has 0 fully saturated rings. The molecule has 1 rings (SSSR count). The van der Waals surface area contributed by atoms with E-state index in [4.69, 9.17) is 0 Å². The van der Waals surface area contributed by atoms with E-state index in [1.54, 1.807) is 18.4 Å². The molecule has 0 aliphatic carbocycles. The second-order valence-electron chi connectivity index (χ2n) is 1.72. The van der Waals surface area contributed by atoms with Gasteiger partial charge in [0.2, 0.25) is 0 Å². The standard InChI is InChI=1S/C6H6O2S/c1-4-2-3-9-5(4)6(7)8/h2-3H,1H3,(H,7,8)/p-1. The van der Waals surface area contributed by atoms with Crippen LogP contribution in [-0.4, -0.2) is 5.97 Å². The lowest BCUT2D eigenvalue weighted by Gasteiger charge is -1.96. The third-order valence-electron chi connectivity index (χ3n) is 1.05. The number of carboxylic acids is 1. The molecule has 0 unspecified atom stereocenters. The lowest BCUT2D eigenvalue weighted by molar-refractivity contribution is -0.254. The summed E-state index contributed by atoms with van der Waals surface area (Å²) in [5.41, 5.74) is 0.778. The minimum atomic E-state index is -1.08. The Morgan fingerprint density at radius 3 is 2.67 bits per heavy atom. The van der Waals surface area contributed by atoms with E-state index in [0.29, 0.717) is 4.88 Å². The Kier molecular flexibility index (Phi) is 1.53. The summed E-state index contributed by atoms with van der Waals surface area (Å²) in [5, 5.41) is 11.9. The first kappa shape index (κ1) is 6.29. The van der Waals surface area contributed by atoms with Crippen molar-refractivity contribution in [3.63, 3.8) is 0 Å². The van der Waals surface area contributed by atoms with Crippen molar-refractivity contribution in [2.45, 2.75) is 6.92 Å². The summed E-state index contributed by atoms with van der Waals surface area (Å²) < 4.78 is 0. The van der Waals surface area contributed by atoms with Gasteiger partial charge in [0.15, 0.2) is 0 Å². The normalized spacial score (nSPS) is 9.44. The van der Waals surface area contributed by atoms with Crippen molar-refractivity contribution in [2.75, 3.05) is 0 Å². The molecule has 0 aliphatic rings. The van der Waals surface area contributed by atoms with E-state index in [2.05, 4.69) is 0 Å². The fraction of sp³-hybridized carbons (Fsp3) is 0.167. The minimum Gasteiger partial charge on any atom is -0.544 e. The molecule has 1 heterocycles. The molecule has 0 aromatic carbocycles. The minimum absolute atomic E-state index is 0.329. The molecular formula is C6H5O2S-. The Bertz CT molecular complexity index is 227. The van der Waals surface area contributed by atoms with E-state index >= 15 is 0 Å². The summed E-state index contributed by atoms with van der Waals surface area (Å²) >= 11 is 1.20. The van der Waals surface area contributed by atoms with Crippen molar-refractivity contribution >= 4 is 17.3 Å². The summed E-state index contributed by atoms with van der Waals surface area (Å²) in [4.78, 5) is 10.5. The van der Waals surface area contributed by atoms with Crippen LogP contribution in [0.3, 0.4) is 0 Å². The highest BCUT2D eigenvalue weighted by Gasteiger charge is 1.97. The summed E-state index contributed by atoms with van der Waals surface area (Å²) in [6, 6.07) is 1.76. The van der Waals surface area contributed by atoms with Gasteiger partial charge in [-0.15, -0.1) is 11.3 Å². The van der Waals surface area contributed by atoms with Crippen molar-refractivity contribution in [1.82, 2.24) is 0 Å². The number of hydrogen-bond donors (Lipinski definition) is 0. The fourth-order valence-electron chi connectivity index (χ4n) is 0.582. The van der Waals surface area contributed by atoms with Gasteiger partial charge in [0.25, 0.3) is 0 Å². The first-order valence-electron chi connectivity index (χ1n) is 2.47. The van der Waals surface area contributed by atoms with Gasteiger partial charge in [-0.05, 0) is 23.9 Å². The third kappa shape index (κ3) is 1.10. The molecule has 0 atom stereocenters. The summed E-state index contributed by atoms with van der Waals surface area (Å²) in [6.07, 6.45) is 0. The Labute approximate surface area is 56.8 Å². The molecule has 0 aliphatic heterocycles. The number of carboxylic acid groups (broad SMARTS) is 1. The predicted octanol–water partition coefficient (Wildman–Crippen LogP) is 0.420. The van der Waals surface area contributed by atoms with Gasteiger partial charge < -0.3 is 9.90 Å².